The molecule has 1 rings (SSSR count). The highest BCUT2D eigenvalue weighted by Gasteiger charge is 2.10. The second kappa shape index (κ2) is 11.6. The van der Waals surface area contributed by atoms with Crippen molar-refractivity contribution in [1.29, 1.82) is 0 Å². The zero-order valence-corrected chi connectivity index (χ0v) is 15.2. The number of nitrogens with zero attached hydrogens (tertiary/aromatic N) is 1. The van der Waals surface area contributed by atoms with E-state index in [0.717, 1.165) is 44.5 Å². The van der Waals surface area contributed by atoms with Crippen LogP contribution in [0.4, 0.5) is 5.69 Å². The first-order valence-electron chi connectivity index (χ1n) is 9.01. The Morgan fingerprint density at radius 2 is 1.58 bits per heavy atom. The van der Waals surface area contributed by atoms with E-state index in [-0.39, 0.29) is 11.8 Å². The van der Waals surface area contributed by atoms with Gasteiger partial charge < -0.3 is 10.6 Å². The summed E-state index contributed by atoms with van der Waals surface area (Å²) in [5, 5.41) is 5.78. The first-order chi connectivity index (χ1) is 11.6. The van der Waals surface area contributed by atoms with E-state index in [2.05, 4.69) is 36.3 Å². The van der Waals surface area contributed by atoms with Gasteiger partial charge in [0.05, 0.1) is 6.54 Å². The van der Waals surface area contributed by atoms with Crippen LogP contribution in [0.5, 0.6) is 0 Å². The molecule has 0 radical (unpaired) electrons. The molecule has 2 N–H and O–H groups in total. The minimum absolute atomic E-state index is 0.0166. The fraction of sp³-hybridized carbons (Fsp3) is 0.579. The zero-order valence-electron chi connectivity index (χ0n) is 15.2. The highest BCUT2D eigenvalue weighted by molar-refractivity contribution is 5.96. The van der Waals surface area contributed by atoms with Gasteiger partial charge in [-0.25, -0.2) is 0 Å². The largest absolute Gasteiger partial charge is 0.352 e. The summed E-state index contributed by atoms with van der Waals surface area (Å²) >= 11 is 0. The number of unbranched alkanes of at least 4 members (excludes halogenated alkanes) is 1. The molecule has 0 aliphatic rings. The number of amides is 2. The molecule has 0 heterocycles. The Morgan fingerprint density at radius 1 is 0.958 bits per heavy atom. The van der Waals surface area contributed by atoms with Gasteiger partial charge >= 0.3 is 0 Å². The minimum atomic E-state index is -0.0709. The third-order valence-electron chi connectivity index (χ3n) is 3.69. The second-order valence-electron chi connectivity index (χ2n) is 6.01. The number of carbonyl (C=O) groups is 2. The Hall–Kier alpha value is -1.88. The van der Waals surface area contributed by atoms with Crippen LogP contribution in [0, 0.1) is 0 Å². The minimum Gasteiger partial charge on any atom is -0.352 e. The predicted octanol–water partition coefficient (Wildman–Crippen LogP) is 3.28. The Bertz CT molecular complexity index is 494. The van der Waals surface area contributed by atoms with Crippen LogP contribution in [-0.2, 0) is 4.79 Å². The molecule has 0 fully saturated rings. The van der Waals surface area contributed by atoms with Gasteiger partial charge in [-0.15, -0.1) is 0 Å². The van der Waals surface area contributed by atoms with Crippen LogP contribution in [0.25, 0.3) is 0 Å². The number of hydrogen-bond donors (Lipinski definition) is 2. The molecule has 0 saturated carbocycles. The summed E-state index contributed by atoms with van der Waals surface area (Å²) in [6.07, 6.45) is 4.11. The summed E-state index contributed by atoms with van der Waals surface area (Å²) in [5.74, 6) is -0.0876. The summed E-state index contributed by atoms with van der Waals surface area (Å²) in [6.45, 7) is 9.27. The number of rotatable bonds is 11. The van der Waals surface area contributed by atoms with Gasteiger partial charge in [0.1, 0.15) is 0 Å². The van der Waals surface area contributed by atoms with Crippen molar-refractivity contribution in [1.82, 2.24) is 10.2 Å². The van der Waals surface area contributed by atoms with Crippen LogP contribution in [0.1, 0.15) is 56.8 Å². The predicted molar refractivity (Wildman–Crippen MR) is 99.3 cm³/mol. The topological polar surface area (TPSA) is 61.4 Å². The monoisotopic (exact) mass is 333 g/mol. The molecular formula is C19H31N3O2. The van der Waals surface area contributed by atoms with Crippen molar-refractivity contribution in [2.24, 2.45) is 0 Å². The van der Waals surface area contributed by atoms with Gasteiger partial charge in [-0.2, -0.15) is 0 Å². The molecule has 0 unspecified atom stereocenters. The van der Waals surface area contributed by atoms with Crippen molar-refractivity contribution in [3.63, 3.8) is 0 Å². The normalized spacial score (nSPS) is 10.7. The lowest BCUT2D eigenvalue weighted by Gasteiger charge is -2.20. The van der Waals surface area contributed by atoms with Crippen molar-refractivity contribution in [2.45, 2.75) is 46.5 Å². The van der Waals surface area contributed by atoms with Gasteiger partial charge in [-0.1, -0.05) is 27.2 Å². The SMILES string of the molecule is CCCCNC(=O)c1ccc(NC(=O)CN(CCC)CCC)cc1. The van der Waals surface area contributed by atoms with E-state index in [4.69, 9.17) is 0 Å². The maximum absolute atomic E-state index is 12.1. The van der Waals surface area contributed by atoms with Gasteiger partial charge in [0.25, 0.3) is 5.91 Å². The van der Waals surface area contributed by atoms with Crippen molar-refractivity contribution in [3.8, 4) is 0 Å². The molecular weight excluding hydrogens is 302 g/mol. The third-order valence-corrected chi connectivity index (χ3v) is 3.69. The van der Waals surface area contributed by atoms with Crippen LogP contribution >= 0.6 is 0 Å². The Labute approximate surface area is 145 Å². The maximum Gasteiger partial charge on any atom is 0.251 e. The van der Waals surface area contributed by atoms with Gasteiger partial charge in [0, 0.05) is 17.8 Å². The summed E-state index contributed by atoms with van der Waals surface area (Å²) in [5.41, 5.74) is 1.33. The lowest BCUT2D eigenvalue weighted by Crippen LogP contribution is -2.34. The molecule has 0 atom stereocenters. The van der Waals surface area contributed by atoms with Crippen molar-refractivity contribution < 1.29 is 9.59 Å². The maximum atomic E-state index is 12.1. The van der Waals surface area contributed by atoms with E-state index in [1.54, 1.807) is 24.3 Å². The molecule has 1 aromatic carbocycles. The lowest BCUT2D eigenvalue weighted by molar-refractivity contribution is -0.117. The molecule has 0 aromatic heterocycles. The zero-order chi connectivity index (χ0) is 17.8. The molecule has 0 saturated heterocycles. The molecule has 0 spiro atoms. The lowest BCUT2D eigenvalue weighted by atomic mass is 10.2. The van der Waals surface area contributed by atoms with Crippen LogP contribution in [0.2, 0.25) is 0 Å². The average Bonchev–Trinajstić information content (AvgIpc) is 2.56. The van der Waals surface area contributed by atoms with Gasteiger partial charge in [0.2, 0.25) is 5.91 Å². The highest BCUT2D eigenvalue weighted by Crippen LogP contribution is 2.10. The smallest absolute Gasteiger partial charge is 0.251 e. The molecule has 5 nitrogen and oxygen atoms in total. The first kappa shape index (κ1) is 20.2. The Balaban J connectivity index is 2.50. The fourth-order valence-corrected chi connectivity index (χ4v) is 2.49. The molecule has 5 heteroatoms. The van der Waals surface area contributed by atoms with Crippen molar-refractivity contribution >= 4 is 17.5 Å². The summed E-state index contributed by atoms with van der Waals surface area (Å²) in [7, 11) is 0. The number of hydrogen-bond acceptors (Lipinski definition) is 3. The molecule has 24 heavy (non-hydrogen) atoms. The molecule has 0 bridgehead atoms. The Morgan fingerprint density at radius 3 is 2.12 bits per heavy atom. The van der Waals surface area contributed by atoms with Crippen LogP contribution in [0.15, 0.2) is 24.3 Å². The van der Waals surface area contributed by atoms with E-state index in [9.17, 15) is 9.59 Å². The van der Waals surface area contributed by atoms with E-state index >= 15 is 0 Å². The van der Waals surface area contributed by atoms with E-state index in [1.165, 1.54) is 0 Å². The van der Waals surface area contributed by atoms with Gasteiger partial charge in [0.15, 0.2) is 0 Å². The standard InChI is InChI=1S/C19H31N3O2/c1-4-7-12-20-19(24)16-8-10-17(11-9-16)21-18(23)15-22(13-5-2)14-6-3/h8-11H,4-7,12-15H2,1-3H3,(H,20,24)(H,21,23). The number of carbonyl (C=O) groups excluding carboxylic acids is 2. The second-order valence-corrected chi connectivity index (χ2v) is 6.01. The average molecular weight is 333 g/mol. The van der Waals surface area contributed by atoms with Crippen LogP contribution in [0.3, 0.4) is 0 Å². The summed E-state index contributed by atoms with van der Waals surface area (Å²) < 4.78 is 0. The van der Waals surface area contributed by atoms with Crippen LogP contribution in [-0.4, -0.2) is 42.9 Å². The van der Waals surface area contributed by atoms with E-state index < -0.39 is 0 Å². The van der Waals surface area contributed by atoms with E-state index in [0.29, 0.717) is 18.7 Å². The number of anilines is 1. The molecule has 0 aliphatic carbocycles. The van der Waals surface area contributed by atoms with E-state index in [1.807, 2.05) is 0 Å². The highest BCUT2D eigenvalue weighted by atomic mass is 16.2. The van der Waals surface area contributed by atoms with Crippen molar-refractivity contribution in [2.75, 3.05) is 31.5 Å². The number of nitrogens with one attached hydrogen (secondary N) is 2. The summed E-state index contributed by atoms with van der Waals surface area (Å²) in [4.78, 5) is 26.2. The Kier molecular flexibility index (Phi) is 9.77. The summed E-state index contributed by atoms with van der Waals surface area (Å²) in [6, 6.07) is 7.03. The van der Waals surface area contributed by atoms with Crippen LogP contribution < -0.4 is 10.6 Å². The number of benzene rings is 1. The quantitative estimate of drug-likeness (QED) is 0.611. The molecule has 0 aliphatic heterocycles. The molecule has 2 amide bonds. The first-order valence-corrected chi connectivity index (χ1v) is 9.01. The third kappa shape index (κ3) is 7.59. The molecule has 1 aromatic rings. The van der Waals surface area contributed by atoms with Crippen molar-refractivity contribution in [3.05, 3.63) is 29.8 Å². The van der Waals surface area contributed by atoms with Gasteiger partial charge in [-0.3, -0.25) is 14.5 Å². The fourth-order valence-electron chi connectivity index (χ4n) is 2.49. The van der Waals surface area contributed by atoms with Gasteiger partial charge in [-0.05, 0) is 56.6 Å². The molecule has 134 valence electrons.